The molecule has 0 amide bonds. The number of carboxylic acids is 1. The van der Waals surface area contributed by atoms with Crippen LogP contribution in [0, 0.1) is 5.82 Å². The summed E-state index contributed by atoms with van der Waals surface area (Å²) < 4.78 is 52.3. The lowest BCUT2D eigenvalue weighted by atomic mass is 10.00. The number of halogens is 4. The molecule has 0 aliphatic heterocycles. The van der Waals surface area contributed by atoms with E-state index in [0.29, 0.717) is 6.07 Å². The Hall–Kier alpha value is -2.44. The number of nitrogens with zero attached hydrogens (tertiary/aromatic N) is 1. The zero-order valence-electron chi connectivity index (χ0n) is 9.78. The molecule has 7 heteroatoms. The first kappa shape index (κ1) is 14.0. The topological polar surface area (TPSA) is 50.2 Å². The number of hydrogen-bond acceptors (Lipinski definition) is 2. The summed E-state index contributed by atoms with van der Waals surface area (Å²) in [5.74, 6) is -2.42. The summed E-state index contributed by atoms with van der Waals surface area (Å²) in [6, 6.07) is 3.43. The zero-order chi connectivity index (χ0) is 14.9. The van der Waals surface area contributed by atoms with E-state index in [0.717, 1.165) is 30.6 Å². The van der Waals surface area contributed by atoms with E-state index in [1.54, 1.807) is 0 Å². The van der Waals surface area contributed by atoms with E-state index in [2.05, 4.69) is 4.98 Å². The Balaban J connectivity index is 2.61. The quantitative estimate of drug-likeness (QED) is 0.858. The summed E-state index contributed by atoms with van der Waals surface area (Å²) in [4.78, 5) is 14.2. The molecule has 1 aromatic carbocycles. The molecule has 0 saturated heterocycles. The minimum Gasteiger partial charge on any atom is -0.478 e. The van der Waals surface area contributed by atoms with Crippen LogP contribution in [-0.4, -0.2) is 16.1 Å². The Morgan fingerprint density at radius 1 is 1.15 bits per heavy atom. The lowest BCUT2D eigenvalue weighted by Gasteiger charge is -2.13. The molecule has 2 rings (SSSR count). The zero-order valence-corrected chi connectivity index (χ0v) is 9.78. The van der Waals surface area contributed by atoms with Crippen LogP contribution < -0.4 is 0 Å². The number of benzene rings is 1. The van der Waals surface area contributed by atoms with Crippen LogP contribution in [0.1, 0.15) is 15.9 Å². The third-order valence-corrected chi connectivity index (χ3v) is 2.63. The van der Waals surface area contributed by atoms with Crippen LogP contribution in [0.3, 0.4) is 0 Å². The number of aromatic nitrogens is 1. The highest BCUT2D eigenvalue weighted by atomic mass is 19.4. The second-order valence-corrected chi connectivity index (χ2v) is 3.92. The van der Waals surface area contributed by atoms with Crippen molar-refractivity contribution in [3.63, 3.8) is 0 Å². The molecule has 0 atom stereocenters. The summed E-state index contributed by atoms with van der Waals surface area (Å²) in [5.41, 5.74) is -2.16. The highest BCUT2D eigenvalue weighted by molar-refractivity contribution is 5.88. The lowest BCUT2D eigenvalue weighted by Crippen LogP contribution is -2.08. The van der Waals surface area contributed by atoms with Crippen molar-refractivity contribution in [2.24, 2.45) is 0 Å². The SMILES string of the molecule is O=C(O)c1ccc(-c2cnccc2C(F)(F)F)c(F)c1. The molecule has 0 unspecified atom stereocenters. The molecule has 1 heterocycles. The lowest BCUT2D eigenvalue weighted by molar-refractivity contribution is -0.137. The van der Waals surface area contributed by atoms with Crippen LogP contribution in [0.2, 0.25) is 0 Å². The molecule has 0 aliphatic rings. The first-order chi connectivity index (χ1) is 9.30. The van der Waals surface area contributed by atoms with E-state index < -0.39 is 29.1 Å². The molecular formula is C13H7F4NO2. The number of carboxylic acid groups (broad SMARTS) is 1. The van der Waals surface area contributed by atoms with Gasteiger partial charge in [-0.3, -0.25) is 4.98 Å². The monoisotopic (exact) mass is 285 g/mol. The number of rotatable bonds is 2. The van der Waals surface area contributed by atoms with Crippen molar-refractivity contribution in [2.45, 2.75) is 6.18 Å². The average molecular weight is 285 g/mol. The van der Waals surface area contributed by atoms with Gasteiger partial charge < -0.3 is 5.11 Å². The fourth-order valence-electron chi connectivity index (χ4n) is 1.72. The molecular weight excluding hydrogens is 278 g/mol. The summed E-state index contributed by atoms with van der Waals surface area (Å²) in [6.07, 6.45) is -2.81. The summed E-state index contributed by atoms with van der Waals surface area (Å²) in [7, 11) is 0. The Bertz CT molecular complexity index is 668. The first-order valence-corrected chi connectivity index (χ1v) is 5.35. The largest absolute Gasteiger partial charge is 0.478 e. The van der Waals surface area contributed by atoms with Crippen molar-refractivity contribution in [1.29, 1.82) is 0 Å². The molecule has 0 aliphatic carbocycles. The molecule has 0 bridgehead atoms. The van der Waals surface area contributed by atoms with Crippen molar-refractivity contribution in [1.82, 2.24) is 4.98 Å². The normalized spacial score (nSPS) is 11.4. The van der Waals surface area contributed by atoms with E-state index in [4.69, 9.17) is 5.11 Å². The summed E-state index contributed by atoms with van der Waals surface area (Å²) in [5, 5.41) is 8.70. The van der Waals surface area contributed by atoms with Gasteiger partial charge in [0, 0.05) is 23.5 Å². The van der Waals surface area contributed by atoms with E-state index in [-0.39, 0.29) is 11.1 Å². The molecule has 1 N–H and O–H groups in total. The minimum atomic E-state index is -4.66. The van der Waals surface area contributed by atoms with E-state index in [1.165, 1.54) is 0 Å². The van der Waals surface area contributed by atoms with Crippen molar-refractivity contribution < 1.29 is 27.5 Å². The molecule has 104 valence electrons. The van der Waals surface area contributed by atoms with Gasteiger partial charge in [-0.25, -0.2) is 9.18 Å². The molecule has 0 fully saturated rings. The van der Waals surface area contributed by atoms with Crippen LogP contribution in [0.4, 0.5) is 17.6 Å². The van der Waals surface area contributed by atoms with Crippen LogP contribution in [0.25, 0.3) is 11.1 Å². The molecule has 3 nitrogen and oxygen atoms in total. The van der Waals surface area contributed by atoms with Gasteiger partial charge in [0.2, 0.25) is 0 Å². The molecule has 1 aromatic heterocycles. The number of pyridine rings is 1. The van der Waals surface area contributed by atoms with Gasteiger partial charge in [-0.1, -0.05) is 6.07 Å². The van der Waals surface area contributed by atoms with Crippen molar-refractivity contribution in [2.75, 3.05) is 0 Å². The van der Waals surface area contributed by atoms with Gasteiger partial charge in [-0.15, -0.1) is 0 Å². The fraction of sp³-hybridized carbons (Fsp3) is 0.0769. The smallest absolute Gasteiger partial charge is 0.417 e. The van der Waals surface area contributed by atoms with Gasteiger partial charge in [0.15, 0.2) is 0 Å². The Kier molecular flexibility index (Phi) is 3.44. The van der Waals surface area contributed by atoms with Crippen LogP contribution >= 0.6 is 0 Å². The molecule has 0 spiro atoms. The summed E-state index contributed by atoms with van der Waals surface area (Å²) in [6.45, 7) is 0. The maximum atomic E-state index is 13.8. The maximum absolute atomic E-state index is 13.8. The molecule has 0 saturated carbocycles. The highest BCUT2D eigenvalue weighted by Crippen LogP contribution is 2.37. The Labute approximate surface area is 110 Å². The van der Waals surface area contributed by atoms with Gasteiger partial charge >= 0.3 is 12.1 Å². The van der Waals surface area contributed by atoms with Gasteiger partial charge in [0.05, 0.1) is 11.1 Å². The first-order valence-electron chi connectivity index (χ1n) is 5.35. The minimum absolute atomic E-state index is 0.344. The predicted octanol–water partition coefficient (Wildman–Crippen LogP) is 3.60. The third-order valence-electron chi connectivity index (χ3n) is 2.63. The number of aromatic carboxylic acids is 1. The number of alkyl halides is 3. The average Bonchev–Trinajstić information content (AvgIpc) is 2.37. The second-order valence-electron chi connectivity index (χ2n) is 3.92. The van der Waals surface area contributed by atoms with Gasteiger partial charge in [0.25, 0.3) is 0 Å². The van der Waals surface area contributed by atoms with Crippen LogP contribution in [0.5, 0.6) is 0 Å². The number of carbonyl (C=O) groups is 1. The summed E-state index contributed by atoms with van der Waals surface area (Å²) >= 11 is 0. The fourth-order valence-corrected chi connectivity index (χ4v) is 1.72. The van der Waals surface area contributed by atoms with Crippen LogP contribution in [-0.2, 0) is 6.18 Å². The number of hydrogen-bond donors (Lipinski definition) is 1. The van der Waals surface area contributed by atoms with E-state index in [9.17, 15) is 22.4 Å². The predicted molar refractivity (Wildman–Crippen MR) is 61.6 cm³/mol. The van der Waals surface area contributed by atoms with E-state index >= 15 is 0 Å². The maximum Gasteiger partial charge on any atom is 0.417 e. The van der Waals surface area contributed by atoms with Gasteiger partial charge in [-0.05, 0) is 18.2 Å². The van der Waals surface area contributed by atoms with Crippen molar-refractivity contribution in [3.8, 4) is 11.1 Å². The Morgan fingerprint density at radius 2 is 1.85 bits per heavy atom. The Morgan fingerprint density at radius 3 is 2.40 bits per heavy atom. The van der Waals surface area contributed by atoms with Gasteiger partial charge in [0.1, 0.15) is 5.82 Å². The second kappa shape index (κ2) is 4.92. The van der Waals surface area contributed by atoms with E-state index in [1.807, 2.05) is 0 Å². The van der Waals surface area contributed by atoms with Crippen molar-refractivity contribution in [3.05, 3.63) is 53.6 Å². The molecule has 20 heavy (non-hydrogen) atoms. The standard InChI is InChI=1S/C13H7F4NO2/c14-11-5-7(12(19)20)1-2-8(11)9-6-18-4-3-10(9)13(15,16)17/h1-6H,(H,19,20). The highest BCUT2D eigenvalue weighted by Gasteiger charge is 2.34. The van der Waals surface area contributed by atoms with Gasteiger partial charge in [-0.2, -0.15) is 13.2 Å². The van der Waals surface area contributed by atoms with Crippen LogP contribution in [0.15, 0.2) is 36.7 Å². The molecule has 0 radical (unpaired) electrons. The third kappa shape index (κ3) is 2.61. The van der Waals surface area contributed by atoms with Crippen molar-refractivity contribution >= 4 is 5.97 Å². The molecule has 2 aromatic rings.